The molecule has 61 heavy (non-hydrogen) atoms. The molecule has 6 aromatic rings. The van der Waals surface area contributed by atoms with Crippen molar-refractivity contribution < 1.29 is 64.3 Å². The Morgan fingerprint density at radius 2 is 1.31 bits per heavy atom. The number of benzene rings is 5. The van der Waals surface area contributed by atoms with E-state index in [1.54, 1.807) is 54.3 Å². The number of anilines is 3. The molecule has 1 aliphatic rings. The minimum absolute atomic E-state index is 0.0110. The van der Waals surface area contributed by atoms with Crippen molar-refractivity contribution in [2.24, 2.45) is 20.5 Å². The van der Waals surface area contributed by atoms with Crippen LogP contribution in [-0.4, -0.2) is 77.7 Å². The molecule has 0 spiro atoms. The standard InChI is InChI=1S/C34H28FN9O13S4/c1-18-12-19(36-33-37-32(35)38-34(39-33)44-8-10-53-11-9-44)2-5-27(18)41-43-28-6-7-29(24-15-21(58-56-54-45)3-4-23(24)28)42-40-20-13-25-26(30(14-20)60(47,48)49)16-22(59-57-55-46)17-31(25)61(50,51)52/h2-7,12-17,45-46H,8-11H2,1H3,(H,47,48,49)(H,50,51,52)(H,36,37,38,39). The number of nitrogens with zero attached hydrogens (tertiary/aromatic N) is 8. The molecular weight excluding hydrogens is 890 g/mol. The Balaban J connectivity index is 1.21. The maximum absolute atomic E-state index is 14.3. The molecule has 1 saturated heterocycles. The van der Waals surface area contributed by atoms with Crippen LogP contribution in [0.15, 0.2) is 113 Å². The Morgan fingerprint density at radius 3 is 2.00 bits per heavy atom. The maximum Gasteiger partial charge on any atom is 0.315 e. The van der Waals surface area contributed by atoms with Gasteiger partial charge in [-0.1, -0.05) is 16.1 Å². The van der Waals surface area contributed by atoms with Crippen molar-refractivity contribution >= 4 is 106 Å². The number of azo groups is 2. The van der Waals surface area contributed by atoms with Crippen LogP contribution in [0.25, 0.3) is 21.5 Å². The second-order valence-corrected chi connectivity index (χ2v) is 16.9. The number of hydrogen-bond donors (Lipinski definition) is 5. The number of nitrogens with one attached hydrogen (secondary N) is 1. The lowest BCUT2D eigenvalue weighted by Crippen LogP contribution is -2.37. The number of hydrogen-bond acceptors (Lipinski definition) is 22. The molecule has 318 valence electrons. The lowest BCUT2D eigenvalue weighted by atomic mass is 10.1. The van der Waals surface area contributed by atoms with Gasteiger partial charge in [0, 0.05) is 50.1 Å². The highest BCUT2D eigenvalue weighted by molar-refractivity contribution is 7.94. The van der Waals surface area contributed by atoms with Gasteiger partial charge in [0.15, 0.2) is 0 Å². The van der Waals surface area contributed by atoms with Crippen molar-refractivity contribution in [2.75, 3.05) is 36.5 Å². The summed E-state index contributed by atoms with van der Waals surface area (Å²) in [4.78, 5) is 12.4. The third kappa shape index (κ3) is 10.6. The molecule has 0 unspecified atom stereocenters. The molecule has 2 heterocycles. The van der Waals surface area contributed by atoms with Gasteiger partial charge >= 0.3 is 6.08 Å². The molecule has 1 fully saturated rings. The first-order valence-electron chi connectivity index (χ1n) is 17.1. The molecule has 0 amide bonds. The summed E-state index contributed by atoms with van der Waals surface area (Å²) >= 11 is 0.927. The van der Waals surface area contributed by atoms with Gasteiger partial charge < -0.3 is 15.0 Å². The summed E-state index contributed by atoms with van der Waals surface area (Å²) in [6, 6.07) is 17.1. The number of fused-ring (bicyclic) bond motifs is 2. The van der Waals surface area contributed by atoms with Gasteiger partial charge in [0.25, 0.3) is 20.2 Å². The molecule has 5 aromatic carbocycles. The lowest BCUT2D eigenvalue weighted by molar-refractivity contribution is -0.432. The number of morpholine rings is 1. The normalized spacial score (nSPS) is 13.9. The minimum Gasteiger partial charge on any atom is -0.378 e. The molecular formula is C34H28FN9O13S4. The Labute approximate surface area is 352 Å². The third-order valence-electron chi connectivity index (χ3n) is 8.65. The number of aryl methyl sites for hydroxylation is 1. The second-order valence-electron chi connectivity index (χ2n) is 12.5. The number of aromatic nitrogens is 3. The second kappa shape index (κ2) is 18.7. The molecule has 5 N–H and O–H groups in total. The third-order valence-corrected chi connectivity index (χ3v) is 11.6. The molecule has 27 heteroatoms. The van der Waals surface area contributed by atoms with Gasteiger partial charge in [-0.2, -0.15) is 46.4 Å². The quantitative estimate of drug-likeness (QED) is 0.0212. The smallest absolute Gasteiger partial charge is 0.315 e. The Kier molecular flexibility index (Phi) is 13.4. The van der Waals surface area contributed by atoms with Crippen LogP contribution in [0.1, 0.15) is 5.56 Å². The van der Waals surface area contributed by atoms with Crippen LogP contribution in [0.2, 0.25) is 0 Å². The van der Waals surface area contributed by atoms with Crippen LogP contribution >= 0.6 is 24.1 Å². The van der Waals surface area contributed by atoms with Crippen molar-refractivity contribution in [3.63, 3.8) is 0 Å². The lowest BCUT2D eigenvalue weighted by Gasteiger charge is -2.26. The van der Waals surface area contributed by atoms with E-state index in [0.717, 1.165) is 24.3 Å². The highest BCUT2D eigenvalue weighted by Gasteiger charge is 2.24. The maximum atomic E-state index is 14.3. The molecule has 0 atom stereocenters. The van der Waals surface area contributed by atoms with Crippen LogP contribution in [0.3, 0.4) is 0 Å². The molecule has 22 nitrogen and oxygen atoms in total. The van der Waals surface area contributed by atoms with E-state index in [2.05, 4.69) is 59.5 Å². The van der Waals surface area contributed by atoms with Gasteiger partial charge in [0.2, 0.25) is 11.9 Å². The fourth-order valence-electron chi connectivity index (χ4n) is 6.01. The minimum atomic E-state index is -5.06. The van der Waals surface area contributed by atoms with Crippen molar-refractivity contribution in [1.82, 2.24) is 15.0 Å². The zero-order valence-electron chi connectivity index (χ0n) is 30.8. The van der Waals surface area contributed by atoms with Crippen molar-refractivity contribution in [3.8, 4) is 0 Å². The van der Waals surface area contributed by atoms with Gasteiger partial charge in [-0.25, -0.2) is 10.5 Å². The molecule has 7 rings (SSSR count). The van der Waals surface area contributed by atoms with E-state index in [0.29, 0.717) is 76.6 Å². The first-order chi connectivity index (χ1) is 29.2. The largest absolute Gasteiger partial charge is 0.378 e. The molecule has 0 radical (unpaired) electrons. The molecule has 1 aromatic heterocycles. The number of rotatable bonds is 15. The van der Waals surface area contributed by atoms with Gasteiger partial charge in [-0.3, -0.25) is 9.11 Å². The average Bonchev–Trinajstić information content (AvgIpc) is 3.22. The van der Waals surface area contributed by atoms with Crippen LogP contribution in [0, 0.1) is 13.0 Å². The van der Waals surface area contributed by atoms with E-state index in [9.17, 15) is 30.3 Å². The summed E-state index contributed by atoms with van der Waals surface area (Å²) in [5.74, 6) is 0.197. The molecule has 1 aliphatic heterocycles. The summed E-state index contributed by atoms with van der Waals surface area (Å²) in [5.41, 5.74) is 2.00. The van der Waals surface area contributed by atoms with Crippen LogP contribution in [0.5, 0.6) is 0 Å². The van der Waals surface area contributed by atoms with Gasteiger partial charge in [0.05, 0.1) is 60.0 Å². The monoisotopic (exact) mass is 917 g/mol. The fourth-order valence-corrected chi connectivity index (χ4v) is 8.37. The number of ether oxygens (including phenoxy) is 1. The van der Waals surface area contributed by atoms with E-state index < -0.39 is 36.1 Å². The van der Waals surface area contributed by atoms with Crippen LogP contribution in [-0.2, 0) is 43.7 Å². The summed E-state index contributed by atoms with van der Waals surface area (Å²) in [6.07, 6.45) is -0.938. The van der Waals surface area contributed by atoms with Gasteiger partial charge in [0.1, 0.15) is 9.79 Å². The molecule has 0 bridgehead atoms. The Morgan fingerprint density at radius 1 is 0.705 bits per heavy atom. The predicted octanol–water partition coefficient (Wildman–Crippen LogP) is 8.39. The summed E-state index contributed by atoms with van der Waals surface area (Å²) in [5, 5.41) is 44.9. The average molecular weight is 918 g/mol. The van der Waals surface area contributed by atoms with E-state index in [1.165, 1.54) is 6.07 Å². The van der Waals surface area contributed by atoms with E-state index in [4.69, 9.17) is 15.3 Å². The van der Waals surface area contributed by atoms with Crippen molar-refractivity contribution in [2.45, 2.75) is 26.5 Å². The first-order valence-corrected chi connectivity index (χ1v) is 21.4. The van der Waals surface area contributed by atoms with E-state index in [-0.39, 0.29) is 51.0 Å². The zero-order valence-corrected chi connectivity index (χ0v) is 34.1. The SMILES string of the molecule is Cc1cc(Nc2nc(F)nc(N3CCOCC3)n2)ccc1N=Nc1ccc(N=Nc2cc(S(=O)(=O)O)c3cc(SOOO)cc(S(=O)(=O)O)c3c2)c2cc(SOOO)ccc12. The number of halogens is 1. The summed E-state index contributed by atoms with van der Waals surface area (Å²) in [7, 11) is -10.1. The molecule has 0 aliphatic carbocycles. The van der Waals surface area contributed by atoms with Crippen LogP contribution in [0.4, 0.5) is 44.7 Å². The van der Waals surface area contributed by atoms with Gasteiger partial charge in [-0.15, -0.1) is 18.9 Å². The van der Waals surface area contributed by atoms with E-state index >= 15 is 0 Å². The zero-order chi connectivity index (χ0) is 43.3. The van der Waals surface area contributed by atoms with Crippen molar-refractivity contribution in [1.29, 1.82) is 0 Å². The highest BCUT2D eigenvalue weighted by Crippen LogP contribution is 2.40. The fraction of sp³-hybridized carbons (Fsp3) is 0.147. The summed E-state index contributed by atoms with van der Waals surface area (Å²) in [6.45, 7) is 3.74. The highest BCUT2D eigenvalue weighted by atomic mass is 32.2. The predicted molar refractivity (Wildman–Crippen MR) is 214 cm³/mol. The Bertz CT molecular complexity index is 2930. The van der Waals surface area contributed by atoms with Crippen molar-refractivity contribution in [3.05, 3.63) is 84.4 Å². The van der Waals surface area contributed by atoms with Crippen LogP contribution < -0.4 is 10.2 Å². The van der Waals surface area contributed by atoms with Gasteiger partial charge in [-0.05, 0) is 79.2 Å². The Hall–Kier alpha value is -5.40. The first kappa shape index (κ1) is 43.7. The summed E-state index contributed by atoms with van der Waals surface area (Å²) < 4.78 is 98.6. The molecule has 0 saturated carbocycles. The van der Waals surface area contributed by atoms with E-state index in [1.807, 2.05) is 0 Å². The topological polar surface area (TPSA) is 299 Å².